The summed E-state index contributed by atoms with van der Waals surface area (Å²) in [5.74, 6) is 0.623. The number of anilines is 1. The Morgan fingerprint density at radius 1 is 1.14 bits per heavy atom. The minimum Gasteiger partial charge on any atom is -0.497 e. The van der Waals surface area contributed by atoms with Crippen molar-refractivity contribution in [1.29, 1.82) is 0 Å². The van der Waals surface area contributed by atoms with Crippen LogP contribution in [0.2, 0.25) is 0 Å². The van der Waals surface area contributed by atoms with E-state index in [1.165, 1.54) is 0 Å². The van der Waals surface area contributed by atoms with Crippen LogP contribution in [0.3, 0.4) is 0 Å². The number of carbonyl (C=O) groups excluding carboxylic acids is 2. The Hall–Kier alpha value is -4.33. The fourth-order valence-electron chi connectivity index (χ4n) is 4.34. The summed E-state index contributed by atoms with van der Waals surface area (Å²) < 4.78 is 12.3. The first kappa shape index (κ1) is 22.5. The molecule has 4 aromatic rings. The zero-order valence-electron chi connectivity index (χ0n) is 19.8. The summed E-state index contributed by atoms with van der Waals surface area (Å²) >= 11 is 0. The van der Waals surface area contributed by atoms with E-state index in [1.807, 2.05) is 31.2 Å². The van der Waals surface area contributed by atoms with Gasteiger partial charge in [-0.3, -0.25) is 19.2 Å². The molecule has 0 unspecified atom stereocenters. The summed E-state index contributed by atoms with van der Waals surface area (Å²) in [5.41, 5.74) is 2.42. The molecule has 0 saturated carbocycles. The number of benzene rings is 2. The number of ether oxygens (including phenoxy) is 1. The lowest BCUT2D eigenvalue weighted by Crippen LogP contribution is -2.64. The Morgan fingerprint density at radius 3 is 2.54 bits per heavy atom. The normalized spacial score (nSPS) is 17.2. The lowest BCUT2D eigenvalue weighted by atomic mass is 9.93. The number of aromatic nitrogens is 2. The molecule has 3 heterocycles. The van der Waals surface area contributed by atoms with Gasteiger partial charge in [0.05, 0.1) is 19.9 Å². The quantitative estimate of drug-likeness (QED) is 0.456. The molecule has 0 fully saturated rings. The molecular formula is C27H26N4O4. The van der Waals surface area contributed by atoms with Gasteiger partial charge in [-0.25, -0.2) is 0 Å². The summed E-state index contributed by atoms with van der Waals surface area (Å²) in [5, 5.41) is 7.60. The molecule has 1 N–H and O–H groups in total. The van der Waals surface area contributed by atoms with E-state index < -0.39 is 5.54 Å². The molecule has 178 valence electrons. The number of hydrogen-bond donors (Lipinski definition) is 1. The van der Waals surface area contributed by atoms with Crippen LogP contribution in [0, 0.1) is 6.92 Å². The highest BCUT2D eigenvalue weighted by atomic mass is 16.5. The van der Waals surface area contributed by atoms with Gasteiger partial charge in [-0.05, 0) is 55.8 Å². The third kappa shape index (κ3) is 4.07. The van der Waals surface area contributed by atoms with Crippen molar-refractivity contribution < 1.29 is 18.7 Å². The molecule has 1 aliphatic rings. The molecule has 1 atom stereocenters. The monoisotopic (exact) mass is 470 g/mol. The van der Waals surface area contributed by atoms with Crippen LogP contribution in [0.1, 0.15) is 28.5 Å². The number of rotatable bonds is 6. The summed E-state index contributed by atoms with van der Waals surface area (Å²) in [4.78, 5) is 29.0. The van der Waals surface area contributed by atoms with Gasteiger partial charge in [0.25, 0.3) is 5.91 Å². The molecule has 0 radical (unpaired) electrons. The molecule has 0 aliphatic carbocycles. The predicted molar refractivity (Wildman–Crippen MR) is 131 cm³/mol. The second kappa shape index (κ2) is 8.79. The second-order valence-electron chi connectivity index (χ2n) is 8.83. The van der Waals surface area contributed by atoms with Crippen molar-refractivity contribution in [3.63, 3.8) is 0 Å². The van der Waals surface area contributed by atoms with E-state index in [4.69, 9.17) is 9.15 Å². The average molecular weight is 471 g/mol. The SMILES string of the molecule is COc1ccc(N2C(=O)c3cc(-c4ccco4)nn3C[C@]2(C)C(=O)NCc2ccc(C)cc2)cc1. The van der Waals surface area contributed by atoms with Crippen molar-refractivity contribution in [1.82, 2.24) is 15.1 Å². The topological polar surface area (TPSA) is 89.6 Å². The van der Waals surface area contributed by atoms with Gasteiger partial charge in [-0.15, -0.1) is 0 Å². The number of furan rings is 1. The van der Waals surface area contributed by atoms with Gasteiger partial charge in [0.15, 0.2) is 5.76 Å². The van der Waals surface area contributed by atoms with E-state index >= 15 is 0 Å². The van der Waals surface area contributed by atoms with Crippen molar-refractivity contribution in [2.75, 3.05) is 12.0 Å². The molecule has 0 bridgehead atoms. The van der Waals surface area contributed by atoms with Crippen LogP contribution in [-0.2, 0) is 17.9 Å². The number of hydrogen-bond acceptors (Lipinski definition) is 5. The fraction of sp³-hybridized carbons (Fsp3) is 0.222. The molecule has 2 amide bonds. The van der Waals surface area contributed by atoms with Crippen LogP contribution in [0.25, 0.3) is 11.5 Å². The zero-order chi connectivity index (χ0) is 24.6. The number of aryl methyl sites for hydroxylation is 1. The van der Waals surface area contributed by atoms with E-state index in [0.717, 1.165) is 11.1 Å². The van der Waals surface area contributed by atoms with Crippen molar-refractivity contribution in [3.8, 4) is 17.2 Å². The number of nitrogens with one attached hydrogen (secondary N) is 1. The van der Waals surface area contributed by atoms with Crippen molar-refractivity contribution in [3.05, 3.63) is 89.8 Å². The highest BCUT2D eigenvalue weighted by Gasteiger charge is 2.49. The Labute approximate surface area is 203 Å². The minimum atomic E-state index is -1.23. The molecule has 2 aromatic carbocycles. The van der Waals surface area contributed by atoms with Gasteiger partial charge < -0.3 is 14.5 Å². The van der Waals surface area contributed by atoms with Gasteiger partial charge in [0.2, 0.25) is 5.91 Å². The van der Waals surface area contributed by atoms with Gasteiger partial charge >= 0.3 is 0 Å². The molecule has 8 nitrogen and oxygen atoms in total. The molecule has 35 heavy (non-hydrogen) atoms. The second-order valence-corrected chi connectivity index (χ2v) is 8.83. The Kier molecular flexibility index (Phi) is 5.64. The molecular weight excluding hydrogens is 444 g/mol. The van der Waals surface area contributed by atoms with Crippen LogP contribution >= 0.6 is 0 Å². The van der Waals surface area contributed by atoms with E-state index in [0.29, 0.717) is 35.1 Å². The van der Waals surface area contributed by atoms with Crippen molar-refractivity contribution in [2.45, 2.75) is 32.5 Å². The Morgan fingerprint density at radius 2 is 1.89 bits per heavy atom. The molecule has 1 aliphatic heterocycles. The maximum Gasteiger partial charge on any atom is 0.277 e. The summed E-state index contributed by atoms with van der Waals surface area (Å²) in [6, 6.07) is 20.3. The number of amides is 2. The highest BCUT2D eigenvalue weighted by Crippen LogP contribution is 2.35. The molecule has 8 heteroatoms. The minimum absolute atomic E-state index is 0.181. The van der Waals surface area contributed by atoms with Crippen molar-refractivity contribution >= 4 is 17.5 Å². The lowest BCUT2D eigenvalue weighted by Gasteiger charge is -2.43. The summed E-state index contributed by atoms with van der Waals surface area (Å²) in [7, 11) is 1.58. The third-order valence-corrected chi connectivity index (χ3v) is 6.32. The largest absolute Gasteiger partial charge is 0.497 e. The number of nitrogens with zero attached hydrogens (tertiary/aromatic N) is 3. The number of carbonyl (C=O) groups is 2. The highest BCUT2D eigenvalue weighted by molar-refractivity contribution is 6.12. The van der Waals surface area contributed by atoms with Gasteiger partial charge in [0.1, 0.15) is 22.7 Å². The smallest absolute Gasteiger partial charge is 0.277 e. The first-order chi connectivity index (χ1) is 16.9. The van der Waals surface area contributed by atoms with Crippen LogP contribution in [0.4, 0.5) is 5.69 Å². The van der Waals surface area contributed by atoms with Crippen molar-refractivity contribution in [2.24, 2.45) is 0 Å². The van der Waals surface area contributed by atoms with Gasteiger partial charge in [0, 0.05) is 18.3 Å². The third-order valence-electron chi connectivity index (χ3n) is 6.32. The first-order valence-corrected chi connectivity index (χ1v) is 11.3. The average Bonchev–Trinajstić information content (AvgIpc) is 3.54. The first-order valence-electron chi connectivity index (χ1n) is 11.3. The molecule has 2 aromatic heterocycles. The predicted octanol–water partition coefficient (Wildman–Crippen LogP) is 4.20. The number of fused-ring (bicyclic) bond motifs is 1. The summed E-state index contributed by atoms with van der Waals surface area (Å²) in [6.45, 7) is 4.31. The van der Waals surface area contributed by atoms with Crippen LogP contribution in [-0.4, -0.2) is 34.2 Å². The van der Waals surface area contributed by atoms with Crippen LogP contribution < -0.4 is 15.0 Å². The van der Waals surface area contributed by atoms with Crippen LogP contribution in [0.15, 0.2) is 77.4 Å². The maximum atomic E-state index is 13.8. The fourth-order valence-corrected chi connectivity index (χ4v) is 4.34. The van der Waals surface area contributed by atoms with Gasteiger partial charge in [-0.2, -0.15) is 5.10 Å². The van der Waals surface area contributed by atoms with E-state index in [-0.39, 0.29) is 18.4 Å². The Balaban J connectivity index is 1.52. The zero-order valence-corrected chi connectivity index (χ0v) is 19.8. The standard InChI is InChI=1S/C27H26N4O4/c1-18-6-8-19(9-7-18)16-28-26(33)27(2)17-30-23(15-22(29-30)24-5-4-14-35-24)25(32)31(27)20-10-12-21(34-3)13-11-20/h4-15H,16-17H2,1-3H3,(H,28,33)/t27-/m1/s1. The number of methoxy groups -OCH3 is 1. The van der Waals surface area contributed by atoms with Gasteiger partial charge in [-0.1, -0.05) is 29.8 Å². The summed E-state index contributed by atoms with van der Waals surface area (Å²) in [6.07, 6.45) is 1.56. The molecule has 0 saturated heterocycles. The van der Waals surface area contributed by atoms with E-state index in [2.05, 4.69) is 10.4 Å². The van der Waals surface area contributed by atoms with E-state index in [9.17, 15) is 9.59 Å². The Bertz CT molecular complexity index is 1360. The van der Waals surface area contributed by atoms with Crippen LogP contribution in [0.5, 0.6) is 5.75 Å². The van der Waals surface area contributed by atoms with E-state index in [1.54, 1.807) is 72.3 Å². The maximum absolute atomic E-state index is 13.8. The molecule has 5 rings (SSSR count). The molecule has 0 spiro atoms. The lowest BCUT2D eigenvalue weighted by molar-refractivity contribution is -0.126.